The summed E-state index contributed by atoms with van der Waals surface area (Å²) in [4.78, 5) is 0. The van der Waals surface area contributed by atoms with Crippen molar-refractivity contribution >= 4 is 0 Å². The molecule has 0 radical (unpaired) electrons. The first-order valence-electron chi connectivity index (χ1n) is 8.11. The predicted molar refractivity (Wildman–Crippen MR) is 72.5 cm³/mol. The summed E-state index contributed by atoms with van der Waals surface area (Å²) >= 11 is 0. The molecule has 2 heteroatoms. The molecule has 0 bridgehead atoms. The molecule has 0 aromatic rings. The third-order valence-corrected chi connectivity index (χ3v) is 5.78. The number of hydrogen-bond acceptors (Lipinski definition) is 2. The average Bonchev–Trinajstić information content (AvgIpc) is 2.75. The second-order valence-electron chi connectivity index (χ2n) is 6.87. The summed E-state index contributed by atoms with van der Waals surface area (Å²) < 4.78 is 6.22. The van der Waals surface area contributed by atoms with Crippen LogP contribution < -0.4 is 0 Å². The summed E-state index contributed by atoms with van der Waals surface area (Å²) in [5, 5.41) is 10.2. The van der Waals surface area contributed by atoms with Gasteiger partial charge in [-0.05, 0) is 31.6 Å². The largest absolute Gasteiger partial charge is 0.392 e. The SMILES string of the molecule is OC1CC(OCC2CCCC2)C12CCCCCC2. The van der Waals surface area contributed by atoms with Crippen molar-refractivity contribution in [2.24, 2.45) is 11.3 Å². The van der Waals surface area contributed by atoms with E-state index in [2.05, 4.69) is 0 Å². The van der Waals surface area contributed by atoms with Gasteiger partial charge < -0.3 is 9.84 Å². The van der Waals surface area contributed by atoms with E-state index in [1.807, 2.05) is 0 Å². The van der Waals surface area contributed by atoms with Crippen LogP contribution in [0.1, 0.15) is 70.6 Å². The van der Waals surface area contributed by atoms with E-state index in [1.54, 1.807) is 0 Å². The Balaban J connectivity index is 1.54. The molecule has 0 heterocycles. The fourth-order valence-corrected chi connectivity index (χ4v) is 4.43. The minimum atomic E-state index is -0.0795. The van der Waals surface area contributed by atoms with E-state index in [9.17, 15) is 5.11 Å². The molecule has 1 spiro atoms. The van der Waals surface area contributed by atoms with Gasteiger partial charge in [0, 0.05) is 18.4 Å². The van der Waals surface area contributed by atoms with Crippen LogP contribution in [0.2, 0.25) is 0 Å². The van der Waals surface area contributed by atoms with Crippen molar-refractivity contribution in [2.45, 2.75) is 82.8 Å². The lowest BCUT2D eigenvalue weighted by Gasteiger charge is -2.53. The molecule has 3 rings (SSSR count). The van der Waals surface area contributed by atoms with Crippen molar-refractivity contribution in [3.63, 3.8) is 0 Å². The molecule has 0 aromatic carbocycles. The number of aliphatic hydroxyl groups excluding tert-OH is 1. The van der Waals surface area contributed by atoms with Gasteiger partial charge >= 0.3 is 0 Å². The molecular formula is C16H28O2. The Morgan fingerprint density at radius 1 is 0.944 bits per heavy atom. The van der Waals surface area contributed by atoms with Crippen LogP contribution >= 0.6 is 0 Å². The van der Waals surface area contributed by atoms with Crippen LogP contribution in [0, 0.1) is 11.3 Å². The molecule has 104 valence electrons. The molecule has 1 N–H and O–H groups in total. The molecule has 2 atom stereocenters. The van der Waals surface area contributed by atoms with E-state index in [-0.39, 0.29) is 11.5 Å². The van der Waals surface area contributed by atoms with Crippen molar-refractivity contribution in [3.05, 3.63) is 0 Å². The number of aliphatic hydroxyl groups is 1. The maximum Gasteiger partial charge on any atom is 0.0681 e. The van der Waals surface area contributed by atoms with Gasteiger partial charge in [-0.15, -0.1) is 0 Å². The highest BCUT2D eigenvalue weighted by molar-refractivity contribution is 5.04. The van der Waals surface area contributed by atoms with E-state index in [4.69, 9.17) is 4.74 Å². The van der Waals surface area contributed by atoms with Gasteiger partial charge in [0.2, 0.25) is 0 Å². The summed E-state index contributed by atoms with van der Waals surface area (Å²) in [7, 11) is 0. The Hall–Kier alpha value is -0.0800. The molecule has 18 heavy (non-hydrogen) atoms. The standard InChI is InChI=1S/C16H28O2/c17-14-11-15(18-12-13-7-3-4-8-13)16(14)9-5-1-2-6-10-16/h13-15,17H,1-12H2. The first-order valence-corrected chi connectivity index (χ1v) is 8.11. The van der Waals surface area contributed by atoms with Crippen LogP contribution in [0.4, 0.5) is 0 Å². The van der Waals surface area contributed by atoms with Crippen LogP contribution in [0.25, 0.3) is 0 Å². The van der Waals surface area contributed by atoms with E-state index in [0.717, 1.165) is 18.9 Å². The normalized spacial score (nSPS) is 36.5. The van der Waals surface area contributed by atoms with Crippen LogP contribution in [0.5, 0.6) is 0 Å². The zero-order valence-electron chi connectivity index (χ0n) is 11.6. The summed E-state index contributed by atoms with van der Waals surface area (Å²) in [6, 6.07) is 0. The quantitative estimate of drug-likeness (QED) is 0.830. The third kappa shape index (κ3) is 2.34. The molecular weight excluding hydrogens is 224 g/mol. The predicted octanol–water partition coefficient (Wildman–Crippen LogP) is 3.67. The number of hydrogen-bond donors (Lipinski definition) is 1. The summed E-state index contributed by atoms with van der Waals surface area (Å²) in [6.07, 6.45) is 14.4. The lowest BCUT2D eigenvalue weighted by atomic mass is 9.59. The average molecular weight is 252 g/mol. The Kier molecular flexibility index (Phi) is 3.95. The Labute approximate surface area is 111 Å². The first-order chi connectivity index (χ1) is 8.81. The third-order valence-electron chi connectivity index (χ3n) is 5.78. The van der Waals surface area contributed by atoms with Gasteiger partial charge in [0.05, 0.1) is 12.2 Å². The highest BCUT2D eigenvalue weighted by Gasteiger charge is 2.54. The molecule has 0 saturated heterocycles. The molecule has 3 aliphatic rings. The number of rotatable bonds is 3. The fourth-order valence-electron chi connectivity index (χ4n) is 4.43. The first kappa shape index (κ1) is 12.9. The van der Waals surface area contributed by atoms with Crippen molar-refractivity contribution in [1.82, 2.24) is 0 Å². The minimum absolute atomic E-state index is 0.0795. The molecule has 2 nitrogen and oxygen atoms in total. The maximum absolute atomic E-state index is 10.2. The van der Waals surface area contributed by atoms with Gasteiger partial charge in [-0.3, -0.25) is 0 Å². The zero-order valence-corrected chi connectivity index (χ0v) is 11.6. The smallest absolute Gasteiger partial charge is 0.0681 e. The molecule has 0 aliphatic heterocycles. The van der Waals surface area contributed by atoms with Gasteiger partial charge in [-0.25, -0.2) is 0 Å². The van der Waals surface area contributed by atoms with Gasteiger partial charge in [-0.2, -0.15) is 0 Å². The topological polar surface area (TPSA) is 29.5 Å². The van der Waals surface area contributed by atoms with Gasteiger partial charge in [0.25, 0.3) is 0 Å². The molecule has 3 saturated carbocycles. The lowest BCUT2D eigenvalue weighted by molar-refractivity contribution is -0.202. The second-order valence-corrected chi connectivity index (χ2v) is 6.87. The molecule has 0 aromatic heterocycles. The van der Waals surface area contributed by atoms with Crippen LogP contribution in [-0.4, -0.2) is 23.9 Å². The summed E-state index contributed by atoms with van der Waals surface area (Å²) in [5.74, 6) is 0.811. The highest BCUT2D eigenvalue weighted by Crippen LogP contribution is 2.52. The van der Waals surface area contributed by atoms with Crippen LogP contribution in [-0.2, 0) is 4.74 Å². The van der Waals surface area contributed by atoms with E-state index in [0.29, 0.717) is 6.10 Å². The van der Waals surface area contributed by atoms with E-state index < -0.39 is 0 Å². The lowest BCUT2D eigenvalue weighted by Crippen LogP contribution is -2.58. The Morgan fingerprint density at radius 2 is 1.61 bits per heavy atom. The van der Waals surface area contributed by atoms with Crippen molar-refractivity contribution in [3.8, 4) is 0 Å². The van der Waals surface area contributed by atoms with Gasteiger partial charge in [0.1, 0.15) is 0 Å². The molecule has 0 amide bonds. The molecule has 3 fully saturated rings. The van der Waals surface area contributed by atoms with Gasteiger partial charge in [0.15, 0.2) is 0 Å². The van der Waals surface area contributed by atoms with Crippen molar-refractivity contribution in [2.75, 3.05) is 6.61 Å². The fraction of sp³-hybridized carbons (Fsp3) is 1.00. The Morgan fingerprint density at radius 3 is 2.22 bits per heavy atom. The summed E-state index contributed by atoms with van der Waals surface area (Å²) in [6.45, 7) is 0.957. The van der Waals surface area contributed by atoms with Crippen molar-refractivity contribution in [1.29, 1.82) is 0 Å². The van der Waals surface area contributed by atoms with E-state index >= 15 is 0 Å². The van der Waals surface area contributed by atoms with Gasteiger partial charge in [-0.1, -0.05) is 38.5 Å². The summed E-state index contributed by atoms with van der Waals surface area (Å²) in [5.41, 5.74) is 0.148. The number of ether oxygens (including phenoxy) is 1. The minimum Gasteiger partial charge on any atom is -0.392 e. The van der Waals surface area contributed by atoms with Crippen molar-refractivity contribution < 1.29 is 9.84 Å². The van der Waals surface area contributed by atoms with Crippen LogP contribution in [0.3, 0.4) is 0 Å². The maximum atomic E-state index is 10.2. The Bertz CT molecular complexity index is 262. The molecule has 2 unspecified atom stereocenters. The van der Waals surface area contributed by atoms with Crippen LogP contribution in [0.15, 0.2) is 0 Å². The molecule has 3 aliphatic carbocycles. The second kappa shape index (κ2) is 5.50. The monoisotopic (exact) mass is 252 g/mol. The zero-order chi connectivity index (χ0) is 12.4. The van der Waals surface area contributed by atoms with E-state index in [1.165, 1.54) is 64.2 Å². The highest BCUT2D eigenvalue weighted by atomic mass is 16.5.